The van der Waals surface area contributed by atoms with Crippen molar-refractivity contribution in [2.75, 3.05) is 19.0 Å². The number of methoxy groups -OCH3 is 1. The second-order valence-electron chi connectivity index (χ2n) is 2.58. The molecule has 0 aliphatic heterocycles. The Kier molecular flexibility index (Phi) is 3.93. The first-order valence-corrected chi connectivity index (χ1v) is 4.83. The Morgan fingerprint density at radius 2 is 2.43 bits per heavy atom. The molecule has 0 aliphatic rings. The van der Waals surface area contributed by atoms with Crippen LogP contribution in [-0.2, 0) is 9.53 Å². The summed E-state index contributed by atoms with van der Waals surface area (Å²) in [5, 5.41) is 11.3. The summed E-state index contributed by atoms with van der Waals surface area (Å²) >= 11 is 1.30. The summed E-state index contributed by atoms with van der Waals surface area (Å²) in [6.07, 6.45) is -0.640. The maximum absolute atomic E-state index is 11.4. The molecule has 7 heteroatoms. The van der Waals surface area contributed by atoms with Crippen molar-refractivity contribution in [3.8, 4) is 0 Å². The van der Waals surface area contributed by atoms with Gasteiger partial charge in [-0.15, -0.1) is 10.2 Å². The van der Waals surface area contributed by atoms with E-state index < -0.39 is 6.10 Å². The van der Waals surface area contributed by atoms with E-state index >= 15 is 0 Å². The molecule has 0 bridgehead atoms. The molecule has 0 aromatic carbocycles. The number of nitrogens with two attached hydrogens (primary N) is 1. The fourth-order valence-electron chi connectivity index (χ4n) is 0.843. The van der Waals surface area contributed by atoms with Crippen LogP contribution in [0.3, 0.4) is 0 Å². The molecule has 78 valence electrons. The smallest absolute Gasteiger partial charge is 0.256 e. The SMILES string of the molecule is COC(CN)C(=O)Nc1nnc(C)s1. The molecule has 1 rings (SSSR count). The van der Waals surface area contributed by atoms with Crippen LogP contribution in [0.2, 0.25) is 0 Å². The maximum atomic E-state index is 11.4. The first-order chi connectivity index (χ1) is 6.67. The molecule has 1 unspecified atom stereocenters. The molecule has 1 aromatic rings. The lowest BCUT2D eigenvalue weighted by Gasteiger charge is -2.10. The van der Waals surface area contributed by atoms with E-state index in [2.05, 4.69) is 15.5 Å². The van der Waals surface area contributed by atoms with Crippen LogP contribution in [0.5, 0.6) is 0 Å². The Morgan fingerprint density at radius 1 is 1.71 bits per heavy atom. The minimum absolute atomic E-state index is 0.139. The molecule has 14 heavy (non-hydrogen) atoms. The highest BCUT2D eigenvalue weighted by Gasteiger charge is 2.16. The second-order valence-corrected chi connectivity index (χ2v) is 3.76. The molecule has 6 nitrogen and oxygen atoms in total. The van der Waals surface area contributed by atoms with E-state index in [0.29, 0.717) is 5.13 Å². The topological polar surface area (TPSA) is 90.1 Å². The number of anilines is 1. The fraction of sp³-hybridized carbons (Fsp3) is 0.571. The summed E-state index contributed by atoms with van der Waals surface area (Å²) in [6.45, 7) is 1.95. The van der Waals surface area contributed by atoms with Gasteiger partial charge in [0.15, 0.2) is 0 Å². The predicted octanol–water partition coefficient (Wildman–Crippen LogP) is -0.241. The summed E-state index contributed by atoms with van der Waals surface area (Å²) in [7, 11) is 1.43. The maximum Gasteiger partial charge on any atom is 0.256 e. The molecule has 0 aliphatic carbocycles. The highest BCUT2D eigenvalue weighted by molar-refractivity contribution is 7.15. The number of hydrogen-bond donors (Lipinski definition) is 2. The van der Waals surface area contributed by atoms with E-state index in [4.69, 9.17) is 10.5 Å². The largest absolute Gasteiger partial charge is 0.370 e. The third-order valence-electron chi connectivity index (χ3n) is 1.55. The van der Waals surface area contributed by atoms with Gasteiger partial charge in [-0.2, -0.15) is 0 Å². The van der Waals surface area contributed by atoms with Gasteiger partial charge in [0.05, 0.1) is 0 Å². The molecule has 0 saturated carbocycles. The van der Waals surface area contributed by atoms with Crippen LogP contribution in [0.1, 0.15) is 5.01 Å². The monoisotopic (exact) mass is 216 g/mol. The van der Waals surface area contributed by atoms with E-state index in [-0.39, 0.29) is 12.5 Å². The fourth-order valence-corrected chi connectivity index (χ4v) is 1.44. The van der Waals surface area contributed by atoms with Gasteiger partial charge in [-0.1, -0.05) is 11.3 Å². The number of nitrogens with zero attached hydrogens (tertiary/aromatic N) is 2. The average molecular weight is 216 g/mol. The van der Waals surface area contributed by atoms with E-state index in [1.165, 1.54) is 18.4 Å². The van der Waals surface area contributed by atoms with Gasteiger partial charge in [0.2, 0.25) is 5.13 Å². The van der Waals surface area contributed by atoms with Gasteiger partial charge in [-0.05, 0) is 6.92 Å². The lowest BCUT2D eigenvalue weighted by Crippen LogP contribution is -2.35. The first-order valence-electron chi connectivity index (χ1n) is 4.01. The molecule has 0 saturated heterocycles. The summed E-state index contributed by atoms with van der Waals surface area (Å²) < 4.78 is 4.86. The Bertz CT molecular complexity index is 310. The zero-order chi connectivity index (χ0) is 10.6. The number of hydrogen-bond acceptors (Lipinski definition) is 6. The van der Waals surface area contributed by atoms with Crippen LogP contribution >= 0.6 is 11.3 Å². The van der Waals surface area contributed by atoms with Gasteiger partial charge in [-0.3, -0.25) is 10.1 Å². The number of aryl methyl sites for hydroxylation is 1. The van der Waals surface area contributed by atoms with Gasteiger partial charge in [0.1, 0.15) is 11.1 Å². The van der Waals surface area contributed by atoms with Crippen molar-refractivity contribution in [3.05, 3.63) is 5.01 Å². The van der Waals surface area contributed by atoms with Crippen molar-refractivity contribution >= 4 is 22.4 Å². The highest BCUT2D eigenvalue weighted by Crippen LogP contribution is 2.13. The van der Waals surface area contributed by atoms with Crippen LogP contribution in [-0.4, -0.2) is 35.9 Å². The molecule has 0 radical (unpaired) electrons. The molecule has 1 aromatic heterocycles. The zero-order valence-corrected chi connectivity index (χ0v) is 8.80. The van der Waals surface area contributed by atoms with Crippen molar-refractivity contribution in [2.45, 2.75) is 13.0 Å². The van der Waals surface area contributed by atoms with Crippen LogP contribution < -0.4 is 11.1 Å². The molecular weight excluding hydrogens is 204 g/mol. The van der Waals surface area contributed by atoms with Gasteiger partial charge in [0, 0.05) is 13.7 Å². The first kappa shape index (κ1) is 11.0. The number of nitrogens with one attached hydrogen (secondary N) is 1. The van der Waals surface area contributed by atoms with Crippen LogP contribution in [0.4, 0.5) is 5.13 Å². The van der Waals surface area contributed by atoms with Gasteiger partial charge < -0.3 is 10.5 Å². The lowest BCUT2D eigenvalue weighted by molar-refractivity contribution is -0.125. The number of aromatic nitrogens is 2. The van der Waals surface area contributed by atoms with Crippen LogP contribution in [0, 0.1) is 6.92 Å². The summed E-state index contributed by atoms with van der Waals surface area (Å²) in [5.41, 5.74) is 5.32. The van der Waals surface area contributed by atoms with E-state index in [1.807, 2.05) is 6.92 Å². The minimum atomic E-state index is -0.640. The van der Waals surface area contributed by atoms with Crippen LogP contribution in [0.25, 0.3) is 0 Å². The molecule has 0 spiro atoms. The zero-order valence-electron chi connectivity index (χ0n) is 7.98. The lowest BCUT2D eigenvalue weighted by atomic mass is 10.3. The number of rotatable bonds is 4. The summed E-state index contributed by atoms with van der Waals surface area (Å²) in [4.78, 5) is 11.4. The van der Waals surface area contributed by atoms with Crippen molar-refractivity contribution in [3.63, 3.8) is 0 Å². The Labute approximate surface area is 85.5 Å². The minimum Gasteiger partial charge on any atom is -0.370 e. The molecule has 1 amide bonds. The van der Waals surface area contributed by atoms with E-state index in [0.717, 1.165) is 5.01 Å². The number of carbonyl (C=O) groups is 1. The normalized spacial score (nSPS) is 12.5. The molecular formula is C7H12N4O2S. The van der Waals surface area contributed by atoms with Gasteiger partial charge >= 0.3 is 0 Å². The van der Waals surface area contributed by atoms with E-state index in [9.17, 15) is 4.79 Å². The third kappa shape index (κ3) is 2.72. The highest BCUT2D eigenvalue weighted by atomic mass is 32.1. The van der Waals surface area contributed by atoms with Crippen molar-refractivity contribution in [1.29, 1.82) is 0 Å². The molecule has 1 heterocycles. The van der Waals surface area contributed by atoms with Crippen LogP contribution in [0.15, 0.2) is 0 Å². The van der Waals surface area contributed by atoms with Crippen molar-refractivity contribution < 1.29 is 9.53 Å². The summed E-state index contributed by atoms with van der Waals surface area (Å²) in [6, 6.07) is 0. The molecule has 3 N–H and O–H groups in total. The second kappa shape index (κ2) is 4.99. The number of carbonyl (C=O) groups excluding carboxylic acids is 1. The number of amides is 1. The standard InChI is InChI=1S/C7H12N4O2S/c1-4-10-11-7(14-4)9-6(12)5(3-8)13-2/h5H,3,8H2,1-2H3,(H,9,11,12). The molecule has 0 fully saturated rings. The van der Waals surface area contributed by atoms with Gasteiger partial charge in [0.25, 0.3) is 5.91 Å². The predicted molar refractivity (Wildman–Crippen MR) is 53.1 cm³/mol. The Hall–Kier alpha value is -1.05. The van der Waals surface area contributed by atoms with Crippen molar-refractivity contribution in [1.82, 2.24) is 10.2 Å². The van der Waals surface area contributed by atoms with E-state index in [1.54, 1.807) is 0 Å². The Morgan fingerprint density at radius 3 is 2.86 bits per heavy atom. The van der Waals surface area contributed by atoms with Crippen molar-refractivity contribution in [2.24, 2.45) is 5.73 Å². The molecule has 1 atom stereocenters. The average Bonchev–Trinajstić information content (AvgIpc) is 2.53. The number of ether oxygens (including phenoxy) is 1. The van der Waals surface area contributed by atoms with Gasteiger partial charge in [-0.25, -0.2) is 0 Å². The quantitative estimate of drug-likeness (QED) is 0.725. The third-order valence-corrected chi connectivity index (χ3v) is 2.30. The Balaban J connectivity index is 2.56. The summed E-state index contributed by atoms with van der Waals surface area (Å²) in [5.74, 6) is -0.300.